The lowest BCUT2D eigenvalue weighted by atomic mass is 10.1. The lowest BCUT2D eigenvalue weighted by Gasteiger charge is -2.27. The quantitative estimate of drug-likeness (QED) is 0.442. The highest BCUT2D eigenvalue weighted by atomic mass is 32.1. The first-order valence-electron chi connectivity index (χ1n) is 8.72. The monoisotopic (exact) mass is 399 g/mol. The van der Waals surface area contributed by atoms with Crippen LogP contribution in [-0.4, -0.2) is 49.0 Å². The van der Waals surface area contributed by atoms with Crippen molar-refractivity contribution in [1.82, 2.24) is 15.5 Å². The number of nitrogens with zero attached hydrogens (tertiary/aromatic N) is 1. The average Bonchev–Trinajstić information content (AvgIpc) is 3.14. The standard InChI is InChI=1S/C19H21N5O3S/c1-22-19(27)16-7-13-10-24(5-4-15(13)28-16)17(25)9-23-18(26)11-2-3-14(21)12(6-11)8-20/h2-3,6-8,20H,4-5,9-10,21H2,1H3,(H,22,27)(H,23,26). The fraction of sp³-hybridized carbons (Fsp3) is 0.263. The van der Waals surface area contributed by atoms with Gasteiger partial charge in [-0.25, -0.2) is 0 Å². The molecule has 1 aromatic heterocycles. The number of nitrogen functional groups attached to an aromatic ring is 1. The zero-order valence-electron chi connectivity index (χ0n) is 15.4. The van der Waals surface area contributed by atoms with Gasteiger partial charge in [0.2, 0.25) is 5.91 Å². The maximum Gasteiger partial charge on any atom is 0.261 e. The van der Waals surface area contributed by atoms with Crippen molar-refractivity contribution in [2.45, 2.75) is 13.0 Å². The molecule has 8 nitrogen and oxygen atoms in total. The largest absolute Gasteiger partial charge is 0.398 e. The maximum atomic E-state index is 12.5. The molecule has 0 unspecified atom stereocenters. The van der Waals surface area contributed by atoms with Crippen LogP contribution in [0, 0.1) is 5.41 Å². The number of carbonyl (C=O) groups excluding carboxylic acids is 3. The van der Waals surface area contributed by atoms with Crippen molar-refractivity contribution >= 4 is 41.0 Å². The lowest BCUT2D eigenvalue weighted by Crippen LogP contribution is -2.42. The molecule has 0 radical (unpaired) electrons. The number of fused-ring (bicyclic) bond motifs is 1. The van der Waals surface area contributed by atoms with E-state index in [1.807, 2.05) is 6.07 Å². The summed E-state index contributed by atoms with van der Waals surface area (Å²) in [5.41, 5.74) is 7.90. The van der Waals surface area contributed by atoms with Crippen molar-refractivity contribution in [1.29, 1.82) is 5.41 Å². The molecule has 0 saturated heterocycles. The van der Waals surface area contributed by atoms with E-state index >= 15 is 0 Å². The fourth-order valence-electron chi connectivity index (χ4n) is 2.99. The number of nitrogens with two attached hydrogens (primary N) is 1. The van der Waals surface area contributed by atoms with Gasteiger partial charge in [-0.3, -0.25) is 14.4 Å². The minimum absolute atomic E-state index is 0.120. The Bertz CT molecular complexity index is 953. The smallest absolute Gasteiger partial charge is 0.261 e. The summed E-state index contributed by atoms with van der Waals surface area (Å²) in [6.07, 6.45) is 1.77. The van der Waals surface area contributed by atoms with E-state index in [4.69, 9.17) is 11.1 Å². The third-order valence-electron chi connectivity index (χ3n) is 4.57. The zero-order chi connectivity index (χ0) is 20.3. The number of thiophene rings is 1. The molecule has 0 atom stereocenters. The van der Waals surface area contributed by atoms with Gasteiger partial charge in [0, 0.05) is 48.0 Å². The lowest BCUT2D eigenvalue weighted by molar-refractivity contribution is -0.131. The SMILES string of the molecule is CNC(=O)c1cc2c(s1)CCN(C(=O)CNC(=O)c1ccc(N)c(C=N)c1)C2. The molecule has 0 bridgehead atoms. The number of nitrogens with one attached hydrogen (secondary N) is 3. The predicted molar refractivity (Wildman–Crippen MR) is 108 cm³/mol. The van der Waals surface area contributed by atoms with E-state index in [0.29, 0.717) is 41.2 Å². The summed E-state index contributed by atoms with van der Waals surface area (Å²) in [5.74, 6) is -0.710. The zero-order valence-corrected chi connectivity index (χ0v) is 16.2. The summed E-state index contributed by atoms with van der Waals surface area (Å²) in [4.78, 5) is 40.0. The fourth-order valence-corrected chi connectivity index (χ4v) is 4.10. The molecule has 1 aliphatic rings. The number of benzene rings is 1. The molecule has 0 spiro atoms. The van der Waals surface area contributed by atoms with Crippen LogP contribution in [-0.2, 0) is 17.8 Å². The third kappa shape index (κ3) is 4.04. The molecule has 28 heavy (non-hydrogen) atoms. The number of rotatable bonds is 5. The van der Waals surface area contributed by atoms with Crippen molar-refractivity contribution in [2.24, 2.45) is 0 Å². The second kappa shape index (κ2) is 8.22. The minimum atomic E-state index is -0.397. The van der Waals surface area contributed by atoms with Gasteiger partial charge in [0.05, 0.1) is 11.4 Å². The highest BCUT2D eigenvalue weighted by Gasteiger charge is 2.24. The van der Waals surface area contributed by atoms with Gasteiger partial charge in [0.15, 0.2) is 0 Å². The van der Waals surface area contributed by atoms with Crippen LogP contribution < -0.4 is 16.4 Å². The van der Waals surface area contributed by atoms with Crippen LogP contribution in [0.4, 0.5) is 5.69 Å². The summed E-state index contributed by atoms with van der Waals surface area (Å²) in [6.45, 7) is 0.859. The van der Waals surface area contributed by atoms with Crippen LogP contribution in [0.15, 0.2) is 24.3 Å². The number of hydrogen-bond acceptors (Lipinski definition) is 6. The predicted octanol–water partition coefficient (Wildman–Crippen LogP) is 1.00. The van der Waals surface area contributed by atoms with Crippen LogP contribution >= 0.6 is 11.3 Å². The van der Waals surface area contributed by atoms with E-state index < -0.39 is 5.91 Å². The number of amides is 3. The van der Waals surface area contributed by atoms with E-state index in [1.165, 1.54) is 17.4 Å². The molecule has 9 heteroatoms. The molecule has 0 saturated carbocycles. The Labute approximate surface area is 166 Å². The van der Waals surface area contributed by atoms with Gasteiger partial charge in [-0.05, 0) is 36.2 Å². The van der Waals surface area contributed by atoms with Crippen LogP contribution in [0.1, 0.15) is 36.0 Å². The van der Waals surface area contributed by atoms with E-state index in [9.17, 15) is 14.4 Å². The first-order valence-corrected chi connectivity index (χ1v) is 9.54. The Morgan fingerprint density at radius 2 is 2.07 bits per heavy atom. The molecule has 3 amide bonds. The van der Waals surface area contributed by atoms with E-state index in [0.717, 1.165) is 16.7 Å². The first-order chi connectivity index (χ1) is 13.4. The Morgan fingerprint density at radius 1 is 1.29 bits per heavy atom. The Morgan fingerprint density at radius 3 is 2.79 bits per heavy atom. The van der Waals surface area contributed by atoms with Gasteiger partial charge < -0.3 is 26.7 Å². The molecule has 0 aliphatic carbocycles. The molecule has 0 fully saturated rings. The molecule has 1 aromatic carbocycles. The molecule has 2 aromatic rings. The topological polar surface area (TPSA) is 128 Å². The van der Waals surface area contributed by atoms with Crippen LogP contribution in [0.3, 0.4) is 0 Å². The highest BCUT2D eigenvalue weighted by Crippen LogP contribution is 2.28. The Kier molecular flexibility index (Phi) is 5.74. The van der Waals surface area contributed by atoms with Crippen molar-refractivity contribution in [3.05, 3.63) is 50.7 Å². The summed E-state index contributed by atoms with van der Waals surface area (Å²) >= 11 is 1.45. The van der Waals surface area contributed by atoms with E-state index in [2.05, 4.69) is 10.6 Å². The number of hydrogen-bond donors (Lipinski definition) is 4. The van der Waals surface area contributed by atoms with Crippen LogP contribution in [0.2, 0.25) is 0 Å². The number of anilines is 1. The summed E-state index contributed by atoms with van der Waals surface area (Å²) < 4.78 is 0. The highest BCUT2D eigenvalue weighted by molar-refractivity contribution is 7.14. The van der Waals surface area contributed by atoms with Gasteiger partial charge in [0.25, 0.3) is 11.8 Å². The first kappa shape index (κ1) is 19.6. The third-order valence-corrected chi connectivity index (χ3v) is 5.81. The normalized spacial score (nSPS) is 12.8. The van der Waals surface area contributed by atoms with Crippen LogP contribution in [0.25, 0.3) is 0 Å². The van der Waals surface area contributed by atoms with Gasteiger partial charge >= 0.3 is 0 Å². The summed E-state index contributed by atoms with van der Waals surface area (Å²) in [6, 6.07) is 6.45. The van der Waals surface area contributed by atoms with Gasteiger partial charge in [0.1, 0.15) is 0 Å². The molecule has 1 aliphatic heterocycles. The second-order valence-corrected chi connectivity index (χ2v) is 7.51. The summed E-state index contributed by atoms with van der Waals surface area (Å²) in [7, 11) is 1.59. The van der Waals surface area contributed by atoms with Gasteiger partial charge in [-0.2, -0.15) is 0 Å². The van der Waals surface area contributed by atoms with Gasteiger partial charge in [-0.15, -0.1) is 11.3 Å². The molecular formula is C19H21N5O3S. The van der Waals surface area contributed by atoms with Crippen molar-refractivity contribution in [3.63, 3.8) is 0 Å². The molecular weight excluding hydrogens is 378 g/mol. The average molecular weight is 399 g/mol. The summed E-state index contributed by atoms with van der Waals surface area (Å²) in [5, 5.41) is 12.5. The van der Waals surface area contributed by atoms with E-state index in [-0.39, 0.29) is 18.4 Å². The number of carbonyl (C=O) groups is 3. The van der Waals surface area contributed by atoms with Crippen LogP contribution in [0.5, 0.6) is 0 Å². The molecule has 2 heterocycles. The minimum Gasteiger partial charge on any atom is -0.398 e. The van der Waals surface area contributed by atoms with E-state index in [1.54, 1.807) is 24.1 Å². The molecule has 3 rings (SSSR count). The Balaban J connectivity index is 1.60. The van der Waals surface area contributed by atoms with Gasteiger partial charge in [-0.1, -0.05) is 0 Å². The molecule has 146 valence electrons. The Hall–Kier alpha value is -3.20. The van der Waals surface area contributed by atoms with Crippen molar-refractivity contribution in [3.8, 4) is 0 Å². The molecule has 5 N–H and O–H groups in total. The van der Waals surface area contributed by atoms with Crippen molar-refractivity contribution in [2.75, 3.05) is 25.9 Å². The second-order valence-electron chi connectivity index (χ2n) is 6.37. The van der Waals surface area contributed by atoms with Crippen molar-refractivity contribution < 1.29 is 14.4 Å². The maximum absolute atomic E-state index is 12.5.